The molecule has 18 heavy (non-hydrogen) atoms. The van der Waals surface area contributed by atoms with Gasteiger partial charge in [-0.05, 0) is 43.2 Å². The normalized spacial score (nSPS) is 12.2. The molecule has 0 fully saturated rings. The van der Waals surface area contributed by atoms with Gasteiger partial charge in [0.1, 0.15) is 0 Å². The van der Waals surface area contributed by atoms with Crippen LogP contribution in [0.2, 0.25) is 0 Å². The number of benzene rings is 1. The van der Waals surface area contributed by atoms with Gasteiger partial charge < -0.3 is 11.1 Å². The Hall–Kier alpha value is -1.20. The van der Waals surface area contributed by atoms with Crippen LogP contribution in [0.3, 0.4) is 0 Å². The maximum absolute atomic E-state index is 11.8. The third-order valence-electron chi connectivity index (χ3n) is 2.58. The fourth-order valence-corrected chi connectivity index (χ4v) is 2.18. The Kier molecular flexibility index (Phi) is 5.50. The van der Waals surface area contributed by atoms with E-state index in [1.165, 1.54) is 0 Å². The molecular weight excluding hydrogens is 248 g/mol. The molecule has 4 nitrogen and oxygen atoms in total. The van der Waals surface area contributed by atoms with E-state index < -0.39 is 9.93 Å². The van der Waals surface area contributed by atoms with Crippen molar-refractivity contribution in [2.45, 2.75) is 6.42 Å². The number of nitrogens with one attached hydrogen (secondary N) is 1. The highest BCUT2D eigenvalue weighted by molar-refractivity contribution is 8.01. The average molecular weight is 270 g/mol. The summed E-state index contributed by atoms with van der Waals surface area (Å²) >= 11 is 0. The van der Waals surface area contributed by atoms with Gasteiger partial charge in [-0.25, -0.2) is 0 Å². The summed E-state index contributed by atoms with van der Waals surface area (Å²) in [6.45, 7) is 1.06. The predicted octanol–water partition coefficient (Wildman–Crippen LogP) is 0.194. The fourth-order valence-electron chi connectivity index (χ4n) is 1.53. The lowest BCUT2D eigenvalue weighted by molar-refractivity contribution is 0.0956. The van der Waals surface area contributed by atoms with Gasteiger partial charge >= 0.3 is 0 Å². The molecule has 3 N–H and O–H groups in total. The summed E-state index contributed by atoms with van der Waals surface area (Å²) in [5.74, 6) is 0.409. The van der Waals surface area contributed by atoms with Gasteiger partial charge in [0.05, 0.1) is 0 Å². The second-order valence-corrected chi connectivity index (χ2v) is 8.38. The van der Waals surface area contributed by atoms with Crippen molar-refractivity contribution in [1.82, 2.24) is 5.32 Å². The summed E-state index contributed by atoms with van der Waals surface area (Å²) < 4.78 is 11.5. The minimum atomic E-state index is -2.06. The summed E-state index contributed by atoms with van der Waals surface area (Å²) in [7, 11) is -2.06. The topological polar surface area (TPSA) is 72.2 Å². The molecule has 102 valence electrons. The molecule has 1 aromatic rings. The van der Waals surface area contributed by atoms with E-state index in [0.717, 1.165) is 12.0 Å². The SMILES string of the molecule is C[SH](C)(=O)CCNC(=O)c1ccc(CCN)cc1. The summed E-state index contributed by atoms with van der Waals surface area (Å²) in [6, 6.07) is 7.40. The van der Waals surface area contributed by atoms with Crippen molar-refractivity contribution in [1.29, 1.82) is 0 Å². The zero-order chi connectivity index (χ0) is 13.6. The smallest absolute Gasteiger partial charge is 0.251 e. The highest BCUT2D eigenvalue weighted by Crippen LogP contribution is 2.04. The van der Waals surface area contributed by atoms with E-state index in [1.807, 2.05) is 12.1 Å². The number of hydrogen-bond donors (Lipinski definition) is 3. The first kappa shape index (κ1) is 14.9. The van der Waals surface area contributed by atoms with Gasteiger partial charge in [-0.2, -0.15) is 0 Å². The number of nitrogens with two attached hydrogens (primary N) is 1. The Labute approximate surface area is 109 Å². The van der Waals surface area contributed by atoms with Crippen LogP contribution in [-0.2, 0) is 16.4 Å². The van der Waals surface area contributed by atoms with Gasteiger partial charge in [-0.1, -0.05) is 12.1 Å². The molecule has 0 aliphatic heterocycles. The first-order valence-corrected chi connectivity index (χ1v) is 8.82. The summed E-state index contributed by atoms with van der Waals surface area (Å²) in [4.78, 5) is 11.8. The quantitative estimate of drug-likeness (QED) is 0.646. The number of rotatable bonds is 6. The third kappa shape index (κ3) is 5.42. The lowest BCUT2D eigenvalue weighted by atomic mass is 10.1. The summed E-state index contributed by atoms with van der Waals surface area (Å²) in [5, 5.41) is 2.77. The lowest BCUT2D eigenvalue weighted by Gasteiger charge is -2.12. The zero-order valence-electron chi connectivity index (χ0n) is 11.0. The van der Waals surface area contributed by atoms with Crippen LogP contribution in [0.5, 0.6) is 0 Å². The molecule has 0 saturated heterocycles. The zero-order valence-corrected chi connectivity index (χ0v) is 11.9. The standard InChI is InChI=1S/C13H22N2O2S/c1-18(2,17)10-9-15-13(16)12-5-3-11(4-6-12)7-8-14/h3-6,18H,7-10,14H2,1-2H3,(H,15,16). The van der Waals surface area contributed by atoms with Crippen LogP contribution in [0.4, 0.5) is 0 Å². The molecule has 1 aromatic carbocycles. The van der Waals surface area contributed by atoms with E-state index in [0.29, 0.717) is 24.4 Å². The van der Waals surface area contributed by atoms with Crippen LogP contribution in [0.25, 0.3) is 0 Å². The third-order valence-corrected chi connectivity index (χ3v) is 3.89. The summed E-state index contributed by atoms with van der Waals surface area (Å²) in [5.41, 5.74) is 7.21. The molecule has 0 unspecified atom stereocenters. The number of carbonyl (C=O) groups excluding carboxylic acids is 1. The van der Waals surface area contributed by atoms with Crippen molar-refractivity contribution in [2.24, 2.45) is 5.73 Å². The van der Waals surface area contributed by atoms with E-state index in [1.54, 1.807) is 24.6 Å². The number of hydrogen-bond acceptors (Lipinski definition) is 3. The Morgan fingerprint density at radius 2 is 1.89 bits per heavy atom. The molecule has 0 aromatic heterocycles. The molecule has 0 spiro atoms. The van der Waals surface area contributed by atoms with Gasteiger partial charge in [0.25, 0.3) is 5.91 Å². The molecule has 0 aliphatic carbocycles. The Morgan fingerprint density at radius 1 is 1.28 bits per heavy atom. The van der Waals surface area contributed by atoms with Gasteiger partial charge in [0.2, 0.25) is 0 Å². The van der Waals surface area contributed by atoms with Gasteiger partial charge in [0.15, 0.2) is 0 Å². The second-order valence-electron chi connectivity index (χ2n) is 4.79. The first-order chi connectivity index (χ1) is 8.42. The lowest BCUT2D eigenvalue weighted by Crippen LogP contribution is -2.30. The maximum Gasteiger partial charge on any atom is 0.251 e. The summed E-state index contributed by atoms with van der Waals surface area (Å²) in [6.07, 6.45) is 4.26. The largest absolute Gasteiger partial charge is 0.351 e. The molecule has 0 aliphatic rings. The minimum Gasteiger partial charge on any atom is -0.351 e. The Morgan fingerprint density at radius 3 is 2.39 bits per heavy atom. The van der Waals surface area contributed by atoms with E-state index in [4.69, 9.17) is 5.73 Å². The van der Waals surface area contributed by atoms with Gasteiger partial charge in [0, 0.05) is 17.9 Å². The van der Waals surface area contributed by atoms with Crippen molar-refractivity contribution in [3.63, 3.8) is 0 Å². The molecule has 0 bridgehead atoms. The maximum atomic E-state index is 11.8. The van der Waals surface area contributed by atoms with Crippen molar-refractivity contribution < 1.29 is 9.00 Å². The van der Waals surface area contributed by atoms with E-state index in [-0.39, 0.29) is 5.91 Å². The highest BCUT2D eigenvalue weighted by Gasteiger charge is 2.06. The van der Waals surface area contributed by atoms with Crippen molar-refractivity contribution >= 4 is 15.8 Å². The molecule has 0 saturated carbocycles. The van der Waals surface area contributed by atoms with E-state index in [9.17, 15) is 9.00 Å². The number of carbonyl (C=O) groups is 1. The fraction of sp³-hybridized carbons (Fsp3) is 0.462. The second kappa shape index (κ2) is 6.66. The van der Waals surface area contributed by atoms with E-state index in [2.05, 4.69) is 5.32 Å². The van der Waals surface area contributed by atoms with Crippen molar-refractivity contribution in [3.8, 4) is 0 Å². The number of thiol groups is 1. The molecule has 1 rings (SSSR count). The molecule has 0 heterocycles. The van der Waals surface area contributed by atoms with Gasteiger partial charge in [-0.15, -0.1) is 9.93 Å². The molecule has 5 heteroatoms. The number of amides is 1. The van der Waals surface area contributed by atoms with Crippen LogP contribution in [0.1, 0.15) is 15.9 Å². The van der Waals surface area contributed by atoms with Crippen LogP contribution in [-0.4, -0.2) is 41.5 Å². The highest BCUT2D eigenvalue weighted by atomic mass is 32.2. The van der Waals surface area contributed by atoms with Gasteiger partial charge in [-0.3, -0.25) is 9.00 Å². The Bertz CT molecular complexity index is 437. The van der Waals surface area contributed by atoms with E-state index >= 15 is 0 Å². The van der Waals surface area contributed by atoms with Crippen molar-refractivity contribution in [2.75, 3.05) is 31.4 Å². The minimum absolute atomic E-state index is 0.122. The van der Waals surface area contributed by atoms with Crippen LogP contribution >= 0.6 is 0 Å². The van der Waals surface area contributed by atoms with Crippen LogP contribution < -0.4 is 11.1 Å². The molecule has 0 radical (unpaired) electrons. The van der Waals surface area contributed by atoms with Crippen LogP contribution in [0, 0.1) is 0 Å². The predicted molar refractivity (Wildman–Crippen MR) is 77.8 cm³/mol. The molecule has 1 amide bonds. The van der Waals surface area contributed by atoms with Crippen molar-refractivity contribution in [3.05, 3.63) is 35.4 Å². The van der Waals surface area contributed by atoms with Crippen LogP contribution in [0.15, 0.2) is 24.3 Å². The molecular formula is C13H22N2O2S. The Balaban J connectivity index is 2.49. The molecule has 0 atom stereocenters. The average Bonchev–Trinajstić information content (AvgIpc) is 2.28. The monoisotopic (exact) mass is 270 g/mol. The first-order valence-electron chi connectivity index (χ1n) is 6.03.